The van der Waals surface area contributed by atoms with E-state index in [1.807, 2.05) is 31.2 Å². The van der Waals surface area contributed by atoms with Crippen LogP contribution in [0.15, 0.2) is 47.6 Å². The molecule has 0 atom stereocenters. The second-order valence-corrected chi connectivity index (χ2v) is 6.19. The molecule has 0 spiro atoms. The zero-order valence-electron chi connectivity index (χ0n) is 16.6. The molecule has 2 aromatic carbocycles. The van der Waals surface area contributed by atoms with Gasteiger partial charge in [0.05, 0.1) is 33.2 Å². The maximum absolute atomic E-state index is 12.3. The van der Waals surface area contributed by atoms with E-state index in [2.05, 4.69) is 20.7 Å². The van der Waals surface area contributed by atoms with Crippen molar-refractivity contribution >= 4 is 12.1 Å². The average molecular weight is 394 g/mol. The lowest BCUT2D eigenvalue weighted by atomic mass is 10.1. The molecule has 2 N–H and O–H groups in total. The Morgan fingerprint density at radius 3 is 2.28 bits per heavy atom. The Hall–Kier alpha value is -3.81. The molecule has 1 aromatic heterocycles. The van der Waals surface area contributed by atoms with Crippen LogP contribution in [0.1, 0.15) is 21.6 Å². The number of ether oxygens (including phenoxy) is 3. The van der Waals surface area contributed by atoms with E-state index in [0.29, 0.717) is 34.2 Å². The third-order valence-electron chi connectivity index (χ3n) is 4.24. The molecule has 1 amide bonds. The number of carbonyl (C=O) groups is 1. The molecule has 29 heavy (non-hydrogen) atoms. The van der Waals surface area contributed by atoms with Gasteiger partial charge in [0.1, 0.15) is 5.69 Å². The number of aryl methyl sites for hydroxylation is 1. The molecule has 0 aliphatic carbocycles. The van der Waals surface area contributed by atoms with Gasteiger partial charge in [0.2, 0.25) is 5.75 Å². The van der Waals surface area contributed by atoms with Crippen LogP contribution < -0.4 is 19.6 Å². The van der Waals surface area contributed by atoms with E-state index in [4.69, 9.17) is 14.2 Å². The van der Waals surface area contributed by atoms with E-state index in [-0.39, 0.29) is 0 Å². The van der Waals surface area contributed by atoms with Crippen LogP contribution in [0.5, 0.6) is 17.2 Å². The molecule has 0 saturated heterocycles. The van der Waals surface area contributed by atoms with Gasteiger partial charge in [-0.2, -0.15) is 10.2 Å². The molecular formula is C21H22N4O4. The number of nitrogens with one attached hydrogen (secondary N) is 2. The van der Waals surface area contributed by atoms with E-state index in [1.54, 1.807) is 18.2 Å². The summed E-state index contributed by atoms with van der Waals surface area (Å²) in [4.78, 5) is 12.3. The molecule has 0 saturated carbocycles. The number of methoxy groups -OCH3 is 3. The fourth-order valence-electron chi connectivity index (χ4n) is 2.71. The van der Waals surface area contributed by atoms with Crippen molar-refractivity contribution in [1.82, 2.24) is 15.6 Å². The minimum atomic E-state index is -0.403. The van der Waals surface area contributed by atoms with E-state index in [0.717, 1.165) is 11.1 Å². The normalized spacial score (nSPS) is 10.8. The number of hydrogen-bond donors (Lipinski definition) is 2. The highest BCUT2D eigenvalue weighted by Crippen LogP contribution is 2.37. The largest absolute Gasteiger partial charge is 0.493 e. The second-order valence-electron chi connectivity index (χ2n) is 6.19. The highest BCUT2D eigenvalue weighted by Gasteiger charge is 2.13. The number of nitrogens with zero attached hydrogens (tertiary/aromatic N) is 2. The van der Waals surface area contributed by atoms with Gasteiger partial charge in [0.15, 0.2) is 11.5 Å². The van der Waals surface area contributed by atoms with Crippen molar-refractivity contribution in [2.45, 2.75) is 6.92 Å². The first-order valence-corrected chi connectivity index (χ1v) is 8.81. The van der Waals surface area contributed by atoms with Crippen molar-refractivity contribution in [1.29, 1.82) is 0 Å². The molecule has 3 aromatic rings. The third-order valence-corrected chi connectivity index (χ3v) is 4.24. The van der Waals surface area contributed by atoms with Crippen LogP contribution in [0.25, 0.3) is 11.3 Å². The molecule has 0 aliphatic heterocycles. The summed E-state index contributed by atoms with van der Waals surface area (Å²) in [5.74, 6) is 1.07. The first-order chi connectivity index (χ1) is 14.0. The summed E-state index contributed by atoms with van der Waals surface area (Å²) >= 11 is 0. The fraction of sp³-hybridized carbons (Fsp3) is 0.190. The van der Waals surface area contributed by atoms with Crippen LogP contribution in [0.3, 0.4) is 0 Å². The molecule has 0 radical (unpaired) electrons. The smallest absolute Gasteiger partial charge is 0.289 e. The molecule has 3 rings (SSSR count). The first-order valence-electron chi connectivity index (χ1n) is 8.81. The number of rotatable bonds is 7. The molecular weight excluding hydrogens is 372 g/mol. The lowest BCUT2D eigenvalue weighted by Gasteiger charge is -2.12. The summed E-state index contributed by atoms with van der Waals surface area (Å²) in [5.41, 5.74) is 6.21. The average Bonchev–Trinajstić information content (AvgIpc) is 3.23. The number of benzene rings is 2. The monoisotopic (exact) mass is 394 g/mol. The zero-order chi connectivity index (χ0) is 20.8. The van der Waals surface area contributed by atoms with Crippen molar-refractivity contribution in [3.63, 3.8) is 0 Å². The predicted molar refractivity (Wildman–Crippen MR) is 110 cm³/mol. The van der Waals surface area contributed by atoms with Gasteiger partial charge < -0.3 is 14.2 Å². The van der Waals surface area contributed by atoms with E-state index < -0.39 is 5.91 Å². The van der Waals surface area contributed by atoms with Gasteiger partial charge in [-0.25, -0.2) is 5.43 Å². The number of hydrazone groups is 1. The Labute approximate surface area is 168 Å². The minimum Gasteiger partial charge on any atom is -0.493 e. The maximum Gasteiger partial charge on any atom is 0.289 e. The van der Waals surface area contributed by atoms with Gasteiger partial charge in [-0.05, 0) is 25.1 Å². The minimum absolute atomic E-state index is 0.308. The highest BCUT2D eigenvalue weighted by molar-refractivity contribution is 5.94. The van der Waals surface area contributed by atoms with Crippen molar-refractivity contribution in [3.8, 4) is 28.5 Å². The number of aromatic nitrogens is 2. The number of aromatic amines is 1. The van der Waals surface area contributed by atoms with Gasteiger partial charge in [-0.1, -0.05) is 29.8 Å². The molecule has 0 bridgehead atoms. The van der Waals surface area contributed by atoms with Gasteiger partial charge in [-0.3, -0.25) is 9.89 Å². The van der Waals surface area contributed by atoms with E-state index in [1.165, 1.54) is 27.5 Å². The molecule has 0 fully saturated rings. The SMILES string of the molecule is COc1cc(/C=N\NC(=O)c2cc(-c3ccc(C)cc3)n[nH]2)cc(OC)c1OC. The molecule has 1 heterocycles. The summed E-state index contributed by atoms with van der Waals surface area (Å²) in [6.45, 7) is 2.01. The molecule has 8 nitrogen and oxygen atoms in total. The molecule has 0 unspecified atom stereocenters. The lowest BCUT2D eigenvalue weighted by molar-refractivity contribution is 0.0950. The molecule has 8 heteroatoms. The van der Waals surface area contributed by atoms with Gasteiger partial charge in [-0.15, -0.1) is 0 Å². The van der Waals surface area contributed by atoms with Crippen molar-refractivity contribution in [2.75, 3.05) is 21.3 Å². The van der Waals surface area contributed by atoms with Crippen LogP contribution >= 0.6 is 0 Å². The number of carbonyl (C=O) groups excluding carboxylic acids is 1. The van der Waals surface area contributed by atoms with Crippen LogP contribution in [0.2, 0.25) is 0 Å². The number of H-pyrrole nitrogens is 1. The van der Waals surface area contributed by atoms with Crippen molar-refractivity contribution < 1.29 is 19.0 Å². The maximum atomic E-state index is 12.3. The lowest BCUT2D eigenvalue weighted by Crippen LogP contribution is -2.18. The molecule has 150 valence electrons. The Morgan fingerprint density at radius 1 is 1.03 bits per heavy atom. The van der Waals surface area contributed by atoms with Crippen LogP contribution in [0.4, 0.5) is 0 Å². The fourth-order valence-corrected chi connectivity index (χ4v) is 2.71. The summed E-state index contributed by atoms with van der Waals surface area (Å²) < 4.78 is 15.9. The summed E-state index contributed by atoms with van der Waals surface area (Å²) in [6.07, 6.45) is 1.49. The standard InChI is InChI=1S/C21H22N4O4/c1-13-5-7-15(8-6-13)16-11-17(24-23-16)21(26)25-22-12-14-9-18(27-2)20(29-4)19(10-14)28-3/h5-12H,1-4H3,(H,23,24)(H,25,26)/b22-12-. The summed E-state index contributed by atoms with van der Waals surface area (Å²) in [6, 6.07) is 13.0. The Morgan fingerprint density at radius 2 is 1.69 bits per heavy atom. The predicted octanol–water partition coefficient (Wildman–Crippen LogP) is 3.17. The van der Waals surface area contributed by atoms with Gasteiger partial charge in [0.25, 0.3) is 5.91 Å². The summed E-state index contributed by atoms with van der Waals surface area (Å²) in [5, 5.41) is 10.9. The van der Waals surface area contributed by atoms with Crippen LogP contribution in [0, 0.1) is 6.92 Å². The first kappa shape index (κ1) is 19.9. The Balaban J connectivity index is 1.71. The second kappa shape index (κ2) is 8.92. The topological polar surface area (TPSA) is 97.8 Å². The van der Waals surface area contributed by atoms with Gasteiger partial charge >= 0.3 is 0 Å². The van der Waals surface area contributed by atoms with Crippen molar-refractivity contribution in [2.24, 2.45) is 5.10 Å². The quantitative estimate of drug-likeness (QED) is 0.474. The zero-order valence-corrected chi connectivity index (χ0v) is 16.6. The van der Waals surface area contributed by atoms with Gasteiger partial charge in [0, 0.05) is 11.1 Å². The van der Waals surface area contributed by atoms with Crippen LogP contribution in [-0.2, 0) is 0 Å². The number of hydrogen-bond acceptors (Lipinski definition) is 6. The Kier molecular flexibility index (Phi) is 6.13. The summed E-state index contributed by atoms with van der Waals surface area (Å²) in [7, 11) is 4.59. The van der Waals surface area contributed by atoms with E-state index >= 15 is 0 Å². The highest BCUT2D eigenvalue weighted by atomic mass is 16.5. The van der Waals surface area contributed by atoms with E-state index in [9.17, 15) is 4.79 Å². The molecule has 0 aliphatic rings. The van der Waals surface area contributed by atoms with Crippen LogP contribution in [-0.4, -0.2) is 43.6 Å². The van der Waals surface area contributed by atoms with Crippen molar-refractivity contribution in [3.05, 3.63) is 59.3 Å². The Bertz CT molecular complexity index is 1000. The third kappa shape index (κ3) is 4.55. The number of amides is 1.